The van der Waals surface area contributed by atoms with Crippen LogP contribution in [0, 0.1) is 11.6 Å². The highest BCUT2D eigenvalue weighted by Gasteiger charge is 2.39. The number of nitrogens with zero attached hydrogens (tertiary/aromatic N) is 4. The summed E-state index contributed by atoms with van der Waals surface area (Å²) in [5.41, 5.74) is 2.28. The molecule has 0 bridgehead atoms. The molecule has 140 valence electrons. The molecular weight excluding hydrogens is 352 g/mol. The van der Waals surface area contributed by atoms with E-state index in [-0.39, 0.29) is 18.1 Å². The molecule has 1 aromatic carbocycles. The molecule has 1 unspecified atom stereocenters. The quantitative estimate of drug-likeness (QED) is 0.746. The van der Waals surface area contributed by atoms with Gasteiger partial charge >= 0.3 is 0 Å². The second-order valence-corrected chi connectivity index (χ2v) is 7.19. The Balaban J connectivity index is 1.33. The van der Waals surface area contributed by atoms with Crippen LogP contribution in [0.15, 0.2) is 30.9 Å². The van der Waals surface area contributed by atoms with Gasteiger partial charge in [0.1, 0.15) is 11.8 Å². The molecule has 1 saturated heterocycles. The van der Waals surface area contributed by atoms with Crippen LogP contribution in [0.2, 0.25) is 0 Å². The highest BCUT2D eigenvalue weighted by molar-refractivity contribution is 5.83. The van der Waals surface area contributed by atoms with Gasteiger partial charge in [0.05, 0.1) is 19.0 Å². The lowest BCUT2D eigenvalue weighted by atomic mass is 10.1. The Bertz CT molecular complexity index is 985. The van der Waals surface area contributed by atoms with E-state index in [4.69, 9.17) is 4.74 Å². The number of benzene rings is 1. The average molecular weight is 371 g/mol. The summed E-state index contributed by atoms with van der Waals surface area (Å²) >= 11 is 0. The molecule has 5 rings (SSSR count). The van der Waals surface area contributed by atoms with Crippen LogP contribution in [-0.2, 0) is 11.3 Å². The number of ether oxygens (including phenoxy) is 1. The van der Waals surface area contributed by atoms with Gasteiger partial charge in [-0.25, -0.2) is 23.7 Å². The van der Waals surface area contributed by atoms with Gasteiger partial charge in [0, 0.05) is 18.6 Å². The van der Waals surface area contributed by atoms with Crippen LogP contribution in [0.5, 0.6) is 0 Å². The van der Waals surface area contributed by atoms with E-state index >= 15 is 0 Å². The molecule has 0 radical (unpaired) electrons. The maximum Gasteiger partial charge on any atom is 0.165 e. The molecule has 1 saturated carbocycles. The van der Waals surface area contributed by atoms with Crippen LogP contribution < -0.4 is 5.32 Å². The summed E-state index contributed by atoms with van der Waals surface area (Å²) in [6, 6.07) is 4.20. The standard InChI is InChI=1S/C19H19F2N5O/c20-14-4-3-11(6-15(14)21)13-7-16(13)25-18-17-19(23-9-22-18)26(10-24-17)8-12-2-1-5-27-12/h3-4,6,9-10,12-13,16H,1-2,5,7-8H2,(H,22,23,25)/t12?,13-,16+/m1/s1. The van der Waals surface area contributed by atoms with Gasteiger partial charge in [-0.2, -0.15) is 0 Å². The maximum atomic E-state index is 13.5. The van der Waals surface area contributed by atoms with Crippen molar-refractivity contribution >= 4 is 17.0 Å². The molecule has 3 atom stereocenters. The Labute approximate surface area is 154 Å². The van der Waals surface area contributed by atoms with E-state index in [2.05, 4.69) is 20.3 Å². The smallest absolute Gasteiger partial charge is 0.165 e. The van der Waals surface area contributed by atoms with Gasteiger partial charge in [-0.15, -0.1) is 0 Å². The molecule has 2 aromatic heterocycles. The number of nitrogens with one attached hydrogen (secondary N) is 1. The fraction of sp³-hybridized carbons (Fsp3) is 0.421. The summed E-state index contributed by atoms with van der Waals surface area (Å²) in [7, 11) is 0. The molecule has 2 aliphatic rings. The predicted octanol–water partition coefficient (Wildman–Crippen LogP) is 3.25. The van der Waals surface area contributed by atoms with Crippen molar-refractivity contribution in [3.63, 3.8) is 0 Å². The Kier molecular flexibility index (Phi) is 4.00. The molecule has 0 spiro atoms. The molecule has 1 aliphatic heterocycles. The summed E-state index contributed by atoms with van der Waals surface area (Å²) < 4.78 is 34.3. The summed E-state index contributed by atoms with van der Waals surface area (Å²) in [6.07, 6.45) is 6.47. The largest absolute Gasteiger partial charge is 0.376 e. The molecular formula is C19H19F2N5O. The zero-order chi connectivity index (χ0) is 18.4. The van der Waals surface area contributed by atoms with Gasteiger partial charge in [-0.3, -0.25) is 0 Å². The van der Waals surface area contributed by atoms with Crippen LogP contribution >= 0.6 is 0 Å². The number of imidazole rings is 1. The Hall–Kier alpha value is -2.61. The van der Waals surface area contributed by atoms with Gasteiger partial charge in [-0.1, -0.05) is 6.07 Å². The Morgan fingerprint density at radius 2 is 2.11 bits per heavy atom. The van der Waals surface area contributed by atoms with Crippen molar-refractivity contribution in [2.75, 3.05) is 11.9 Å². The SMILES string of the molecule is Fc1ccc([C@H]2C[C@@H]2Nc2ncnc3c2ncn3CC2CCCO2)cc1F. The van der Waals surface area contributed by atoms with E-state index in [1.807, 2.05) is 4.57 Å². The van der Waals surface area contributed by atoms with Crippen LogP contribution in [-0.4, -0.2) is 38.3 Å². The number of fused-ring (bicyclic) bond motifs is 1. The molecule has 8 heteroatoms. The van der Waals surface area contributed by atoms with E-state index < -0.39 is 11.6 Å². The summed E-state index contributed by atoms with van der Waals surface area (Å²) in [4.78, 5) is 13.2. The topological polar surface area (TPSA) is 64.9 Å². The van der Waals surface area contributed by atoms with Crippen molar-refractivity contribution in [2.24, 2.45) is 0 Å². The van der Waals surface area contributed by atoms with Gasteiger partial charge in [0.25, 0.3) is 0 Å². The van der Waals surface area contributed by atoms with Gasteiger partial charge < -0.3 is 14.6 Å². The first-order valence-corrected chi connectivity index (χ1v) is 9.18. The van der Waals surface area contributed by atoms with Gasteiger partial charge in [0.2, 0.25) is 0 Å². The third-order valence-electron chi connectivity index (χ3n) is 5.31. The minimum Gasteiger partial charge on any atom is -0.376 e. The molecule has 6 nitrogen and oxygen atoms in total. The van der Waals surface area contributed by atoms with Crippen LogP contribution in [0.3, 0.4) is 0 Å². The first-order valence-electron chi connectivity index (χ1n) is 9.18. The normalized spacial score (nSPS) is 24.4. The van der Waals surface area contributed by atoms with E-state index in [9.17, 15) is 8.78 Å². The summed E-state index contributed by atoms with van der Waals surface area (Å²) in [5, 5.41) is 3.37. The number of aromatic nitrogens is 4. The molecule has 0 amide bonds. The van der Waals surface area contributed by atoms with Crippen molar-refractivity contribution in [2.45, 2.75) is 43.9 Å². The lowest BCUT2D eigenvalue weighted by Gasteiger charge is -2.10. The molecule has 2 fully saturated rings. The molecule has 1 aliphatic carbocycles. The molecule has 1 N–H and O–H groups in total. The van der Waals surface area contributed by atoms with Gasteiger partial charge in [0.15, 0.2) is 23.1 Å². The number of hydrogen-bond acceptors (Lipinski definition) is 5. The number of rotatable bonds is 5. The number of halogens is 2. The Morgan fingerprint density at radius 3 is 2.93 bits per heavy atom. The summed E-state index contributed by atoms with van der Waals surface area (Å²) in [5.74, 6) is -0.825. The minimum absolute atomic E-state index is 0.122. The van der Waals surface area contributed by atoms with Crippen LogP contribution in [0.1, 0.15) is 30.7 Å². The van der Waals surface area contributed by atoms with Crippen molar-refractivity contribution in [3.05, 3.63) is 48.1 Å². The molecule has 3 heterocycles. The van der Waals surface area contributed by atoms with Crippen LogP contribution in [0.25, 0.3) is 11.2 Å². The average Bonchev–Trinajstić information content (AvgIpc) is 3.05. The third-order valence-corrected chi connectivity index (χ3v) is 5.31. The second kappa shape index (κ2) is 6.53. The fourth-order valence-electron chi connectivity index (χ4n) is 3.77. The first-order chi connectivity index (χ1) is 13.2. The fourth-order valence-corrected chi connectivity index (χ4v) is 3.77. The van der Waals surface area contributed by atoms with E-state index in [0.29, 0.717) is 11.3 Å². The third kappa shape index (κ3) is 3.14. The van der Waals surface area contributed by atoms with Crippen molar-refractivity contribution in [1.82, 2.24) is 19.5 Å². The highest BCUT2D eigenvalue weighted by atomic mass is 19.2. The minimum atomic E-state index is -0.821. The highest BCUT2D eigenvalue weighted by Crippen LogP contribution is 2.43. The van der Waals surface area contributed by atoms with Crippen molar-refractivity contribution < 1.29 is 13.5 Å². The number of hydrogen-bond donors (Lipinski definition) is 1. The van der Waals surface area contributed by atoms with Crippen molar-refractivity contribution in [3.8, 4) is 0 Å². The monoisotopic (exact) mass is 371 g/mol. The van der Waals surface area contributed by atoms with E-state index in [1.54, 1.807) is 12.4 Å². The lowest BCUT2D eigenvalue weighted by Crippen LogP contribution is -2.14. The zero-order valence-electron chi connectivity index (χ0n) is 14.6. The predicted molar refractivity (Wildman–Crippen MR) is 95.4 cm³/mol. The van der Waals surface area contributed by atoms with Crippen LogP contribution in [0.4, 0.5) is 14.6 Å². The van der Waals surface area contributed by atoms with Crippen molar-refractivity contribution in [1.29, 1.82) is 0 Å². The second-order valence-electron chi connectivity index (χ2n) is 7.19. The van der Waals surface area contributed by atoms with Gasteiger partial charge in [-0.05, 0) is 37.0 Å². The molecule has 27 heavy (non-hydrogen) atoms. The zero-order valence-corrected chi connectivity index (χ0v) is 14.6. The first kappa shape index (κ1) is 16.6. The molecule has 3 aromatic rings. The van der Waals surface area contributed by atoms with E-state index in [1.165, 1.54) is 18.5 Å². The van der Waals surface area contributed by atoms with E-state index in [0.717, 1.165) is 43.6 Å². The lowest BCUT2D eigenvalue weighted by molar-refractivity contribution is 0.0978. The number of anilines is 1. The summed E-state index contributed by atoms with van der Waals surface area (Å²) in [6.45, 7) is 1.54. The Morgan fingerprint density at radius 1 is 1.19 bits per heavy atom. The maximum absolute atomic E-state index is 13.5.